The van der Waals surface area contributed by atoms with E-state index in [2.05, 4.69) is 5.32 Å². The Morgan fingerprint density at radius 3 is 2.68 bits per heavy atom. The zero-order valence-electron chi connectivity index (χ0n) is 13.9. The zero-order valence-corrected chi connectivity index (χ0v) is 14.8. The number of benzene rings is 2. The number of amides is 1. The van der Waals surface area contributed by atoms with Gasteiger partial charge in [0.25, 0.3) is 0 Å². The molecule has 132 valence electrons. The minimum absolute atomic E-state index is 0.0653. The fourth-order valence-corrected chi connectivity index (χ4v) is 4.02. The first-order valence-corrected chi connectivity index (χ1v) is 9.78. The van der Waals surface area contributed by atoms with Crippen LogP contribution >= 0.6 is 0 Å². The van der Waals surface area contributed by atoms with Crippen molar-refractivity contribution >= 4 is 27.5 Å². The van der Waals surface area contributed by atoms with Crippen LogP contribution in [0.5, 0.6) is 5.75 Å². The second-order valence-electron chi connectivity index (χ2n) is 5.75. The summed E-state index contributed by atoms with van der Waals surface area (Å²) in [6.45, 7) is 2.13. The Balaban J connectivity index is 1.76. The highest BCUT2D eigenvalue weighted by molar-refractivity contribution is 7.92. The van der Waals surface area contributed by atoms with Gasteiger partial charge in [0.05, 0.1) is 11.4 Å². The Kier molecular flexibility index (Phi) is 4.94. The van der Waals surface area contributed by atoms with Crippen molar-refractivity contribution in [2.45, 2.75) is 19.8 Å². The average Bonchev–Trinajstić information content (AvgIpc) is 2.61. The number of anilines is 2. The third-order valence-electron chi connectivity index (χ3n) is 4.06. The minimum atomic E-state index is -3.29. The number of carbonyl (C=O) groups excluding carboxylic acids is 1. The first-order chi connectivity index (χ1) is 12.0. The minimum Gasteiger partial charge on any atom is -0.410 e. The number of nitrogens with one attached hydrogen (secondary N) is 1. The van der Waals surface area contributed by atoms with Crippen LogP contribution in [0.2, 0.25) is 0 Å². The van der Waals surface area contributed by atoms with Gasteiger partial charge in [-0.2, -0.15) is 0 Å². The van der Waals surface area contributed by atoms with Crippen LogP contribution in [0.3, 0.4) is 0 Å². The summed E-state index contributed by atoms with van der Waals surface area (Å²) in [7, 11) is -3.29. The van der Waals surface area contributed by atoms with Gasteiger partial charge in [0.1, 0.15) is 5.75 Å². The van der Waals surface area contributed by atoms with Gasteiger partial charge in [-0.25, -0.2) is 13.2 Å². The molecule has 1 N–H and O–H groups in total. The highest BCUT2D eigenvalue weighted by Gasteiger charge is 2.26. The normalized spacial score (nSPS) is 13.9. The summed E-state index contributed by atoms with van der Waals surface area (Å²) < 4.78 is 31.1. The van der Waals surface area contributed by atoms with Gasteiger partial charge in [-0.1, -0.05) is 18.2 Å². The molecule has 0 atom stereocenters. The largest absolute Gasteiger partial charge is 0.417 e. The molecule has 0 saturated carbocycles. The van der Waals surface area contributed by atoms with Gasteiger partial charge in [0, 0.05) is 12.2 Å². The highest BCUT2D eigenvalue weighted by atomic mass is 32.2. The third kappa shape index (κ3) is 3.93. The lowest BCUT2D eigenvalue weighted by Crippen LogP contribution is -2.36. The lowest BCUT2D eigenvalue weighted by Gasteiger charge is -2.30. The summed E-state index contributed by atoms with van der Waals surface area (Å²) in [6, 6.07) is 14.0. The number of hydrogen-bond donors (Lipinski definition) is 1. The predicted molar refractivity (Wildman–Crippen MR) is 97.7 cm³/mol. The monoisotopic (exact) mass is 360 g/mol. The number of carbonyl (C=O) groups is 1. The SMILES string of the molecule is CCS(=O)(=O)N1CCCc2cc(NC(=O)Oc3ccccc3)ccc21. The molecule has 1 heterocycles. The number of nitrogens with zero attached hydrogens (tertiary/aromatic N) is 1. The van der Waals surface area contributed by atoms with Crippen LogP contribution in [-0.4, -0.2) is 26.8 Å². The summed E-state index contributed by atoms with van der Waals surface area (Å²) in [4.78, 5) is 12.0. The van der Waals surface area contributed by atoms with Crippen molar-refractivity contribution in [3.8, 4) is 5.75 Å². The molecule has 0 radical (unpaired) electrons. The van der Waals surface area contributed by atoms with Gasteiger partial charge >= 0.3 is 6.09 Å². The summed E-state index contributed by atoms with van der Waals surface area (Å²) in [5, 5.41) is 2.68. The average molecular weight is 360 g/mol. The van der Waals surface area contributed by atoms with E-state index in [4.69, 9.17) is 4.74 Å². The van der Waals surface area contributed by atoms with E-state index in [0.717, 1.165) is 18.4 Å². The van der Waals surface area contributed by atoms with E-state index in [9.17, 15) is 13.2 Å². The molecule has 25 heavy (non-hydrogen) atoms. The first-order valence-electron chi connectivity index (χ1n) is 8.17. The summed E-state index contributed by atoms with van der Waals surface area (Å²) >= 11 is 0. The molecule has 0 saturated heterocycles. The van der Waals surface area contributed by atoms with Gasteiger partial charge in [0.2, 0.25) is 10.0 Å². The van der Waals surface area contributed by atoms with Gasteiger partial charge in [-0.15, -0.1) is 0 Å². The second-order valence-corrected chi connectivity index (χ2v) is 7.93. The molecule has 0 spiro atoms. The Hall–Kier alpha value is -2.54. The Labute approximate surface area is 147 Å². The topological polar surface area (TPSA) is 75.7 Å². The molecule has 0 aliphatic carbocycles. The van der Waals surface area contributed by atoms with Crippen molar-refractivity contribution in [2.75, 3.05) is 21.9 Å². The predicted octanol–water partition coefficient (Wildman–Crippen LogP) is 3.40. The lowest BCUT2D eigenvalue weighted by molar-refractivity contribution is 0.215. The van der Waals surface area contributed by atoms with Crippen LogP contribution in [-0.2, 0) is 16.4 Å². The molecule has 1 amide bonds. The maximum absolute atomic E-state index is 12.2. The molecule has 2 aromatic rings. The maximum Gasteiger partial charge on any atom is 0.417 e. The van der Waals surface area contributed by atoms with E-state index in [1.54, 1.807) is 49.4 Å². The van der Waals surface area contributed by atoms with Gasteiger partial charge in [0.15, 0.2) is 0 Å². The Morgan fingerprint density at radius 1 is 1.20 bits per heavy atom. The molecule has 3 rings (SSSR count). The number of ether oxygens (including phenoxy) is 1. The van der Waals surface area contributed by atoms with Crippen molar-refractivity contribution in [3.63, 3.8) is 0 Å². The molecule has 0 fully saturated rings. The van der Waals surface area contributed by atoms with Crippen LogP contribution in [0.1, 0.15) is 18.9 Å². The number of para-hydroxylation sites is 1. The molecular weight excluding hydrogens is 340 g/mol. The number of fused-ring (bicyclic) bond motifs is 1. The molecule has 7 heteroatoms. The van der Waals surface area contributed by atoms with E-state index in [0.29, 0.717) is 23.7 Å². The lowest BCUT2D eigenvalue weighted by atomic mass is 10.0. The van der Waals surface area contributed by atoms with Crippen LogP contribution in [0, 0.1) is 0 Å². The molecule has 2 aromatic carbocycles. The molecule has 1 aliphatic rings. The van der Waals surface area contributed by atoms with E-state index in [-0.39, 0.29) is 5.75 Å². The molecule has 0 aromatic heterocycles. The Bertz CT molecular complexity index is 866. The summed E-state index contributed by atoms with van der Waals surface area (Å²) in [5.74, 6) is 0.522. The van der Waals surface area contributed by atoms with Crippen LogP contribution < -0.4 is 14.4 Å². The van der Waals surface area contributed by atoms with Crippen LogP contribution in [0.25, 0.3) is 0 Å². The zero-order chi connectivity index (χ0) is 17.9. The molecule has 6 nitrogen and oxygen atoms in total. The second kappa shape index (κ2) is 7.14. The fourth-order valence-electron chi connectivity index (χ4n) is 2.82. The number of aryl methyl sites for hydroxylation is 1. The third-order valence-corrected chi connectivity index (χ3v) is 5.84. The van der Waals surface area contributed by atoms with Gasteiger partial charge in [-0.05, 0) is 55.7 Å². The number of rotatable bonds is 4. The molecule has 0 bridgehead atoms. The number of hydrogen-bond acceptors (Lipinski definition) is 4. The van der Waals surface area contributed by atoms with Gasteiger partial charge in [-0.3, -0.25) is 9.62 Å². The van der Waals surface area contributed by atoms with E-state index in [1.807, 2.05) is 6.07 Å². The molecule has 1 aliphatic heterocycles. The van der Waals surface area contributed by atoms with Crippen molar-refractivity contribution in [2.24, 2.45) is 0 Å². The smallest absolute Gasteiger partial charge is 0.410 e. The van der Waals surface area contributed by atoms with E-state index in [1.165, 1.54) is 4.31 Å². The summed E-state index contributed by atoms with van der Waals surface area (Å²) in [5.41, 5.74) is 2.17. The first kappa shape index (κ1) is 17.3. The van der Waals surface area contributed by atoms with Crippen molar-refractivity contribution < 1.29 is 17.9 Å². The van der Waals surface area contributed by atoms with Crippen molar-refractivity contribution in [3.05, 3.63) is 54.1 Å². The summed E-state index contributed by atoms with van der Waals surface area (Å²) in [6.07, 6.45) is 0.943. The van der Waals surface area contributed by atoms with Crippen LogP contribution in [0.15, 0.2) is 48.5 Å². The van der Waals surface area contributed by atoms with E-state index < -0.39 is 16.1 Å². The Morgan fingerprint density at radius 2 is 1.96 bits per heavy atom. The molecular formula is C18H20N2O4S. The molecule has 0 unspecified atom stereocenters. The van der Waals surface area contributed by atoms with Gasteiger partial charge < -0.3 is 4.74 Å². The fraction of sp³-hybridized carbons (Fsp3) is 0.278. The number of sulfonamides is 1. The maximum atomic E-state index is 12.2. The van der Waals surface area contributed by atoms with E-state index >= 15 is 0 Å². The standard InChI is InChI=1S/C18H20N2O4S/c1-2-25(22,23)20-12-6-7-14-13-15(10-11-17(14)20)19-18(21)24-16-8-4-3-5-9-16/h3-5,8-11,13H,2,6-7,12H2,1H3,(H,19,21). The quantitative estimate of drug-likeness (QED) is 0.907. The van der Waals surface area contributed by atoms with Crippen molar-refractivity contribution in [1.82, 2.24) is 0 Å². The highest BCUT2D eigenvalue weighted by Crippen LogP contribution is 2.31. The van der Waals surface area contributed by atoms with Crippen LogP contribution in [0.4, 0.5) is 16.2 Å². The van der Waals surface area contributed by atoms with Crippen molar-refractivity contribution in [1.29, 1.82) is 0 Å².